The molecule has 1 aromatic rings. The van der Waals surface area contributed by atoms with Crippen molar-refractivity contribution in [3.8, 4) is 0 Å². The lowest BCUT2D eigenvalue weighted by molar-refractivity contribution is 0.0939. The number of benzene rings is 1. The average molecular weight is 422 g/mol. The average Bonchev–Trinajstić information content (AvgIpc) is 3.52. The quantitative estimate of drug-likeness (QED) is 0.735. The number of sulfonamides is 1. The van der Waals surface area contributed by atoms with E-state index in [1.807, 2.05) is 13.8 Å². The molecule has 6 nitrogen and oxygen atoms in total. The highest BCUT2D eigenvalue weighted by molar-refractivity contribution is 7.89. The molecule has 1 saturated carbocycles. The summed E-state index contributed by atoms with van der Waals surface area (Å²) in [6.07, 6.45) is 4.21. The molecule has 1 N–H and O–H groups in total. The van der Waals surface area contributed by atoms with Crippen molar-refractivity contribution >= 4 is 15.9 Å². The zero-order valence-electron chi connectivity index (χ0n) is 18.4. The molecule has 29 heavy (non-hydrogen) atoms. The lowest BCUT2D eigenvalue weighted by Crippen LogP contribution is -2.41. The van der Waals surface area contributed by atoms with E-state index >= 15 is 0 Å². The van der Waals surface area contributed by atoms with Crippen LogP contribution in [0.3, 0.4) is 0 Å². The summed E-state index contributed by atoms with van der Waals surface area (Å²) in [5.74, 6) is 0.338. The molecule has 0 bridgehead atoms. The zero-order chi connectivity index (χ0) is 21.3. The predicted octanol–water partition coefficient (Wildman–Crippen LogP) is 2.94. The third kappa shape index (κ3) is 5.01. The number of hydrogen-bond acceptors (Lipinski definition) is 4. The Morgan fingerprint density at radius 2 is 1.83 bits per heavy atom. The molecule has 2 aliphatic rings. The van der Waals surface area contributed by atoms with Crippen molar-refractivity contribution in [3.63, 3.8) is 0 Å². The van der Waals surface area contributed by atoms with E-state index in [1.54, 1.807) is 16.4 Å². The molecule has 1 aliphatic carbocycles. The number of hydrogen-bond donors (Lipinski definition) is 1. The Labute approximate surface area is 175 Å². The topological polar surface area (TPSA) is 69.7 Å². The third-order valence-corrected chi connectivity index (χ3v) is 8.64. The number of aryl methyl sites for hydroxylation is 1. The van der Waals surface area contributed by atoms with Gasteiger partial charge in [-0.05, 0) is 82.7 Å². The Morgan fingerprint density at radius 1 is 1.21 bits per heavy atom. The standard InChI is InChI=1S/C22H35N3O3S/c1-15-8-10-25(11-9-15)29(27,28)21-13-19(12-16(2)18(21)4)22(26)23-14-17(3)24(5)20-6-7-20/h12-13,15,17,20H,6-11,14H2,1-5H3,(H,23,26). The first-order valence-electron chi connectivity index (χ1n) is 10.7. The summed E-state index contributed by atoms with van der Waals surface area (Å²) >= 11 is 0. The van der Waals surface area contributed by atoms with Crippen molar-refractivity contribution in [2.45, 2.75) is 70.4 Å². The molecule has 162 valence electrons. The first kappa shape index (κ1) is 22.2. The van der Waals surface area contributed by atoms with E-state index in [0.717, 1.165) is 24.0 Å². The highest BCUT2D eigenvalue weighted by Gasteiger charge is 2.31. The van der Waals surface area contributed by atoms with Crippen molar-refractivity contribution in [1.29, 1.82) is 0 Å². The summed E-state index contributed by atoms with van der Waals surface area (Å²) in [4.78, 5) is 15.3. The second kappa shape index (κ2) is 8.74. The first-order chi connectivity index (χ1) is 13.6. The van der Waals surface area contributed by atoms with Crippen LogP contribution in [0.25, 0.3) is 0 Å². The Morgan fingerprint density at radius 3 is 2.41 bits per heavy atom. The molecule has 0 spiro atoms. The third-order valence-electron chi connectivity index (χ3n) is 6.62. The maximum absolute atomic E-state index is 13.3. The maximum Gasteiger partial charge on any atom is 0.251 e. The normalized spacial score (nSPS) is 20.1. The summed E-state index contributed by atoms with van der Waals surface area (Å²) in [5, 5.41) is 2.98. The minimum atomic E-state index is -3.60. The molecule has 1 aliphatic heterocycles. The number of likely N-dealkylation sites (N-methyl/N-ethyl adjacent to an activating group) is 1. The van der Waals surface area contributed by atoms with Gasteiger partial charge in [-0.1, -0.05) is 6.92 Å². The van der Waals surface area contributed by atoms with Crippen LogP contribution in [0.5, 0.6) is 0 Å². The number of amides is 1. The lowest BCUT2D eigenvalue weighted by atomic mass is 10.0. The lowest BCUT2D eigenvalue weighted by Gasteiger charge is -2.30. The molecule has 1 saturated heterocycles. The van der Waals surface area contributed by atoms with E-state index in [-0.39, 0.29) is 16.8 Å². The van der Waals surface area contributed by atoms with Gasteiger partial charge in [0.05, 0.1) is 4.90 Å². The van der Waals surface area contributed by atoms with Gasteiger partial charge >= 0.3 is 0 Å². The van der Waals surface area contributed by atoms with Crippen molar-refractivity contribution < 1.29 is 13.2 Å². The number of rotatable bonds is 7. The Hall–Kier alpha value is -1.44. The van der Waals surface area contributed by atoms with Gasteiger partial charge in [-0.15, -0.1) is 0 Å². The largest absolute Gasteiger partial charge is 0.350 e. The minimum Gasteiger partial charge on any atom is -0.350 e. The van der Waals surface area contributed by atoms with Gasteiger partial charge in [0, 0.05) is 37.3 Å². The predicted molar refractivity (Wildman–Crippen MR) is 116 cm³/mol. The Balaban J connectivity index is 1.77. The molecule has 3 rings (SSSR count). The van der Waals surface area contributed by atoms with Gasteiger partial charge in [0.25, 0.3) is 5.91 Å². The maximum atomic E-state index is 13.3. The van der Waals surface area contributed by atoms with E-state index in [2.05, 4.69) is 31.1 Å². The molecular formula is C22H35N3O3S. The summed E-state index contributed by atoms with van der Waals surface area (Å²) in [7, 11) is -1.51. The fraction of sp³-hybridized carbons (Fsp3) is 0.682. The van der Waals surface area contributed by atoms with E-state index in [1.165, 1.54) is 12.8 Å². The highest BCUT2D eigenvalue weighted by Crippen LogP contribution is 2.28. The molecule has 1 heterocycles. The molecule has 7 heteroatoms. The van der Waals surface area contributed by atoms with Crippen LogP contribution < -0.4 is 5.32 Å². The Bertz CT molecular complexity index is 856. The van der Waals surface area contributed by atoms with Gasteiger partial charge in [0.15, 0.2) is 0 Å². The number of nitrogens with zero attached hydrogens (tertiary/aromatic N) is 2. The molecule has 1 atom stereocenters. The van der Waals surface area contributed by atoms with Crippen LogP contribution in [0.1, 0.15) is 61.0 Å². The number of carbonyl (C=O) groups excluding carboxylic acids is 1. The van der Waals surface area contributed by atoms with Gasteiger partial charge in [0.1, 0.15) is 0 Å². The van der Waals surface area contributed by atoms with Crippen LogP contribution in [0.4, 0.5) is 0 Å². The summed E-state index contributed by atoms with van der Waals surface area (Å²) < 4.78 is 28.1. The fourth-order valence-corrected chi connectivity index (χ4v) is 5.71. The van der Waals surface area contributed by atoms with Crippen molar-refractivity contribution in [1.82, 2.24) is 14.5 Å². The summed E-state index contributed by atoms with van der Waals surface area (Å²) in [5.41, 5.74) is 1.96. The molecule has 1 aromatic carbocycles. The van der Waals surface area contributed by atoms with Crippen molar-refractivity contribution in [2.75, 3.05) is 26.7 Å². The molecule has 0 radical (unpaired) electrons. The second-order valence-electron chi connectivity index (χ2n) is 8.96. The van der Waals surface area contributed by atoms with Crippen LogP contribution in [-0.2, 0) is 10.0 Å². The smallest absolute Gasteiger partial charge is 0.251 e. The summed E-state index contributed by atoms with van der Waals surface area (Å²) in [6.45, 7) is 9.59. The number of piperidine rings is 1. The van der Waals surface area contributed by atoms with Gasteiger partial charge in [-0.3, -0.25) is 9.69 Å². The van der Waals surface area contributed by atoms with E-state index in [4.69, 9.17) is 0 Å². The van der Waals surface area contributed by atoms with Crippen LogP contribution >= 0.6 is 0 Å². The van der Waals surface area contributed by atoms with Gasteiger partial charge in [0.2, 0.25) is 10.0 Å². The molecule has 2 fully saturated rings. The zero-order valence-corrected chi connectivity index (χ0v) is 19.2. The van der Waals surface area contributed by atoms with Gasteiger partial charge < -0.3 is 5.32 Å². The molecule has 1 unspecified atom stereocenters. The highest BCUT2D eigenvalue weighted by atomic mass is 32.2. The molecule has 1 amide bonds. The minimum absolute atomic E-state index is 0.215. The molecular weight excluding hydrogens is 386 g/mol. The Kier molecular flexibility index (Phi) is 6.70. The second-order valence-corrected chi connectivity index (χ2v) is 10.9. The van der Waals surface area contributed by atoms with Crippen LogP contribution in [0.15, 0.2) is 17.0 Å². The van der Waals surface area contributed by atoms with Gasteiger partial charge in [-0.25, -0.2) is 8.42 Å². The van der Waals surface area contributed by atoms with Crippen LogP contribution in [-0.4, -0.2) is 62.3 Å². The van der Waals surface area contributed by atoms with Gasteiger partial charge in [-0.2, -0.15) is 4.31 Å². The molecule has 0 aromatic heterocycles. The monoisotopic (exact) mass is 421 g/mol. The number of carbonyl (C=O) groups is 1. The van der Waals surface area contributed by atoms with E-state index < -0.39 is 10.0 Å². The number of nitrogens with one attached hydrogen (secondary N) is 1. The van der Waals surface area contributed by atoms with E-state index in [0.29, 0.717) is 37.2 Å². The fourth-order valence-electron chi connectivity index (χ4n) is 3.92. The van der Waals surface area contributed by atoms with Crippen LogP contribution in [0, 0.1) is 19.8 Å². The van der Waals surface area contributed by atoms with E-state index in [9.17, 15) is 13.2 Å². The van der Waals surface area contributed by atoms with Crippen molar-refractivity contribution in [3.05, 3.63) is 28.8 Å². The SMILES string of the molecule is Cc1cc(C(=O)NCC(C)N(C)C2CC2)cc(S(=O)(=O)N2CCC(C)CC2)c1C. The van der Waals surface area contributed by atoms with Crippen molar-refractivity contribution in [2.24, 2.45) is 5.92 Å². The summed E-state index contributed by atoms with van der Waals surface area (Å²) in [6, 6.07) is 4.22. The first-order valence-corrected chi connectivity index (χ1v) is 12.2. The van der Waals surface area contributed by atoms with Crippen LogP contribution in [0.2, 0.25) is 0 Å².